The predicted molar refractivity (Wildman–Crippen MR) is 107 cm³/mol. The topological polar surface area (TPSA) is 70.5 Å². The van der Waals surface area contributed by atoms with Crippen LogP contribution < -0.4 is 20.9 Å². The van der Waals surface area contributed by atoms with Gasteiger partial charge in [0.15, 0.2) is 23.0 Å². The molecule has 0 radical (unpaired) electrons. The van der Waals surface area contributed by atoms with Gasteiger partial charge in [-0.15, -0.1) is 0 Å². The zero-order valence-corrected chi connectivity index (χ0v) is 15.3. The number of rotatable bonds is 4. The molecule has 4 nitrogen and oxygen atoms in total. The maximum absolute atomic E-state index is 6.10. The lowest BCUT2D eigenvalue weighted by Gasteiger charge is -2.22. The average molecular weight is 348 g/mol. The van der Waals surface area contributed by atoms with Crippen molar-refractivity contribution in [1.29, 1.82) is 0 Å². The molecule has 0 atom stereocenters. The Kier molecular flexibility index (Phi) is 4.76. The van der Waals surface area contributed by atoms with E-state index in [0.717, 1.165) is 5.56 Å². The van der Waals surface area contributed by atoms with Crippen LogP contribution in [0.3, 0.4) is 0 Å². The third kappa shape index (κ3) is 3.91. The lowest BCUT2D eigenvalue weighted by Crippen LogP contribution is -2.11. The Labute approximate surface area is 154 Å². The second kappa shape index (κ2) is 7.00. The summed E-state index contributed by atoms with van der Waals surface area (Å²) in [6.07, 6.45) is 0. The summed E-state index contributed by atoms with van der Waals surface area (Å²) < 4.78 is 12.1. The second-order valence-electron chi connectivity index (χ2n) is 7.19. The molecule has 0 aliphatic heterocycles. The Hall–Kier alpha value is -3.14. The highest BCUT2D eigenvalue weighted by Crippen LogP contribution is 2.40. The van der Waals surface area contributed by atoms with Crippen LogP contribution in [0, 0.1) is 0 Å². The molecule has 0 saturated heterocycles. The van der Waals surface area contributed by atoms with E-state index >= 15 is 0 Å². The molecule has 0 spiro atoms. The summed E-state index contributed by atoms with van der Waals surface area (Å²) >= 11 is 0. The Morgan fingerprint density at radius 2 is 1.12 bits per heavy atom. The standard InChI is InChI=1S/C22H24N2O2/c1-22(2,3)15-12-13-20(25-18-10-6-4-8-16(18)23)21(14-15)26-19-11-7-5-9-17(19)24/h4-14H,23-24H2,1-3H3. The smallest absolute Gasteiger partial charge is 0.170 e. The molecular weight excluding hydrogens is 324 g/mol. The van der Waals surface area contributed by atoms with Gasteiger partial charge in [0.1, 0.15) is 0 Å². The Balaban J connectivity index is 2.03. The molecule has 0 amide bonds. The van der Waals surface area contributed by atoms with Gasteiger partial charge in [-0.05, 0) is 47.4 Å². The van der Waals surface area contributed by atoms with Gasteiger partial charge in [0.2, 0.25) is 0 Å². The number of hydrogen-bond acceptors (Lipinski definition) is 4. The van der Waals surface area contributed by atoms with Gasteiger partial charge in [-0.25, -0.2) is 0 Å². The first-order valence-corrected chi connectivity index (χ1v) is 8.54. The molecule has 3 aromatic rings. The fourth-order valence-corrected chi connectivity index (χ4v) is 2.52. The molecule has 0 saturated carbocycles. The molecule has 0 bridgehead atoms. The van der Waals surface area contributed by atoms with Gasteiger partial charge in [0.25, 0.3) is 0 Å². The van der Waals surface area contributed by atoms with Gasteiger partial charge in [-0.1, -0.05) is 51.1 Å². The van der Waals surface area contributed by atoms with Crippen molar-refractivity contribution in [2.75, 3.05) is 11.5 Å². The fraction of sp³-hybridized carbons (Fsp3) is 0.182. The number of nitrogens with two attached hydrogens (primary N) is 2. The molecule has 3 rings (SSSR count). The van der Waals surface area contributed by atoms with E-state index in [4.69, 9.17) is 20.9 Å². The van der Waals surface area contributed by atoms with Crippen LogP contribution in [0.1, 0.15) is 26.3 Å². The maximum Gasteiger partial charge on any atom is 0.170 e. The van der Waals surface area contributed by atoms with Crippen LogP contribution in [0.2, 0.25) is 0 Å². The summed E-state index contributed by atoms with van der Waals surface area (Å²) in [6, 6.07) is 20.7. The molecule has 3 aromatic carbocycles. The van der Waals surface area contributed by atoms with Crippen LogP contribution in [0.4, 0.5) is 11.4 Å². The van der Waals surface area contributed by atoms with Gasteiger partial charge in [0.05, 0.1) is 11.4 Å². The third-order valence-corrected chi connectivity index (χ3v) is 4.09. The monoisotopic (exact) mass is 348 g/mol. The minimum absolute atomic E-state index is 0.0232. The lowest BCUT2D eigenvalue weighted by atomic mass is 9.87. The summed E-state index contributed by atoms with van der Waals surface area (Å²) in [5.74, 6) is 2.35. The van der Waals surface area contributed by atoms with Gasteiger partial charge < -0.3 is 20.9 Å². The molecule has 4 heteroatoms. The largest absolute Gasteiger partial charge is 0.451 e. The summed E-state index contributed by atoms with van der Waals surface area (Å²) in [5, 5.41) is 0. The van der Waals surface area contributed by atoms with Crippen molar-refractivity contribution in [3.63, 3.8) is 0 Å². The predicted octanol–water partition coefficient (Wildman–Crippen LogP) is 5.73. The molecule has 0 aromatic heterocycles. The molecule has 0 unspecified atom stereocenters. The van der Waals surface area contributed by atoms with E-state index in [2.05, 4.69) is 20.8 Å². The number of hydrogen-bond donors (Lipinski definition) is 2. The summed E-state index contributed by atoms with van der Waals surface area (Å²) in [4.78, 5) is 0. The van der Waals surface area contributed by atoms with Crippen molar-refractivity contribution in [3.8, 4) is 23.0 Å². The van der Waals surface area contributed by atoms with E-state index in [1.54, 1.807) is 12.1 Å². The van der Waals surface area contributed by atoms with Crippen LogP contribution in [-0.4, -0.2) is 0 Å². The molecular formula is C22H24N2O2. The van der Waals surface area contributed by atoms with E-state index in [0.29, 0.717) is 34.4 Å². The Morgan fingerprint density at radius 3 is 1.62 bits per heavy atom. The fourth-order valence-electron chi connectivity index (χ4n) is 2.52. The number of benzene rings is 3. The zero-order valence-electron chi connectivity index (χ0n) is 15.3. The van der Waals surface area contributed by atoms with Crippen molar-refractivity contribution in [3.05, 3.63) is 72.3 Å². The van der Waals surface area contributed by atoms with E-state index in [-0.39, 0.29) is 5.41 Å². The van der Waals surface area contributed by atoms with Gasteiger partial charge >= 0.3 is 0 Å². The second-order valence-corrected chi connectivity index (χ2v) is 7.19. The molecule has 134 valence electrons. The molecule has 0 fully saturated rings. The highest BCUT2D eigenvalue weighted by atomic mass is 16.5. The SMILES string of the molecule is CC(C)(C)c1ccc(Oc2ccccc2N)c(Oc2ccccc2N)c1. The van der Waals surface area contributed by atoms with Crippen LogP contribution in [0.5, 0.6) is 23.0 Å². The summed E-state index contributed by atoms with van der Waals surface area (Å²) in [7, 11) is 0. The van der Waals surface area contributed by atoms with E-state index in [1.807, 2.05) is 54.6 Å². The van der Waals surface area contributed by atoms with Gasteiger partial charge in [-0.3, -0.25) is 0 Å². The number of anilines is 2. The van der Waals surface area contributed by atoms with E-state index in [1.165, 1.54) is 0 Å². The number of ether oxygens (including phenoxy) is 2. The highest BCUT2D eigenvalue weighted by Gasteiger charge is 2.18. The average Bonchev–Trinajstić information content (AvgIpc) is 2.59. The first-order chi connectivity index (χ1) is 12.3. The Bertz CT molecular complexity index is 914. The van der Waals surface area contributed by atoms with Crippen LogP contribution in [0.25, 0.3) is 0 Å². The molecule has 4 N–H and O–H groups in total. The van der Waals surface area contributed by atoms with E-state index < -0.39 is 0 Å². The first kappa shape index (κ1) is 17.7. The number of nitrogen functional groups attached to an aromatic ring is 2. The first-order valence-electron chi connectivity index (χ1n) is 8.54. The van der Waals surface area contributed by atoms with Gasteiger partial charge in [0, 0.05) is 0 Å². The van der Waals surface area contributed by atoms with Crippen LogP contribution in [0.15, 0.2) is 66.7 Å². The minimum atomic E-state index is -0.0232. The lowest BCUT2D eigenvalue weighted by molar-refractivity contribution is 0.418. The van der Waals surface area contributed by atoms with Gasteiger partial charge in [-0.2, -0.15) is 0 Å². The highest BCUT2D eigenvalue weighted by molar-refractivity contribution is 5.58. The Morgan fingerprint density at radius 1 is 0.615 bits per heavy atom. The minimum Gasteiger partial charge on any atom is -0.451 e. The molecule has 26 heavy (non-hydrogen) atoms. The van der Waals surface area contributed by atoms with Crippen molar-refractivity contribution in [2.45, 2.75) is 26.2 Å². The van der Waals surface area contributed by atoms with Crippen molar-refractivity contribution < 1.29 is 9.47 Å². The van der Waals surface area contributed by atoms with Crippen molar-refractivity contribution in [2.24, 2.45) is 0 Å². The molecule has 0 aliphatic rings. The molecule has 0 heterocycles. The van der Waals surface area contributed by atoms with Crippen LogP contribution >= 0.6 is 0 Å². The summed E-state index contributed by atoms with van der Waals surface area (Å²) in [6.45, 7) is 6.45. The third-order valence-electron chi connectivity index (χ3n) is 4.09. The van der Waals surface area contributed by atoms with Crippen molar-refractivity contribution in [1.82, 2.24) is 0 Å². The summed E-state index contributed by atoms with van der Waals surface area (Å²) in [5.41, 5.74) is 14.3. The molecule has 0 aliphatic carbocycles. The zero-order chi connectivity index (χ0) is 18.7. The normalized spacial score (nSPS) is 11.2. The maximum atomic E-state index is 6.10. The quantitative estimate of drug-likeness (QED) is 0.590. The van der Waals surface area contributed by atoms with Crippen molar-refractivity contribution >= 4 is 11.4 Å². The van der Waals surface area contributed by atoms with E-state index in [9.17, 15) is 0 Å². The number of para-hydroxylation sites is 4. The van der Waals surface area contributed by atoms with Crippen LogP contribution in [-0.2, 0) is 5.41 Å².